The summed E-state index contributed by atoms with van der Waals surface area (Å²) in [4.78, 5) is 19.6. The Morgan fingerprint density at radius 3 is 2.75 bits per heavy atom. The molecule has 1 unspecified atom stereocenters. The monoisotopic (exact) mass is 329 g/mol. The Balaban J connectivity index is 2.25. The summed E-state index contributed by atoms with van der Waals surface area (Å²) in [7, 11) is 0. The summed E-state index contributed by atoms with van der Waals surface area (Å²) in [6, 6.07) is 6.11. The van der Waals surface area contributed by atoms with Gasteiger partial charge in [-0.2, -0.15) is 0 Å². The lowest BCUT2D eigenvalue weighted by molar-refractivity contribution is 0.184. The number of pyridine rings is 1. The van der Waals surface area contributed by atoms with Crippen LogP contribution in [0.3, 0.4) is 0 Å². The number of nitrogens with zero attached hydrogens (tertiary/aromatic N) is 3. The number of fused-ring (bicyclic) bond motifs is 1. The van der Waals surface area contributed by atoms with Gasteiger partial charge in [0, 0.05) is 24.8 Å². The molecular weight excluding hydrogens is 298 g/mol. The highest BCUT2D eigenvalue weighted by Crippen LogP contribution is 2.13. The van der Waals surface area contributed by atoms with Crippen molar-refractivity contribution in [2.75, 3.05) is 6.54 Å². The molecule has 2 heterocycles. The summed E-state index contributed by atoms with van der Waals surface area (Å²) in [6.07, 6.45) is 7.83. The quantitative estimate of drug-likeness (QED) is 0.648. The SMILES string of the molecule is CCCCCN(Cc1cc(=O)n2cccc(C)c2n1)C(C)CCC. The highest BCUT2D eigenvalue weighted by atomic mass is 16.1. The molecule has 132 valence electrons. The molecule has 4 nitrogen and oxygen atoms in total. The standard InChI is InChI=1S/C20H31N3O/c1-5-7-8-12-22(17(4)10-6-2)15-18-14-19(24)23-13-9-11-16(3)20(23)21-18/h9,11,13-14,17H,5-8,10,12,15H2,1-4H3. The Kier molecular flexibility index (Phi) is 6.98. The van der Waals surface area contributed by atoms with Crippen LogP contribution in [0.2, 0.25) is 0 Å². The van der Waals surface area contributed by atoms with Crippen LogP contribution in [0.25, 0.3) is 5.65 Å². The van der Waals surface area contributed by atoms with Crippen molar-refractivity contribution >= 4 is 5.65 Å². The number of rotatable bonds is 9. The number of unbranched alkanes of at least 4 members (excludes halogenated alkanes) is 2. The van der Waals surface area contributed by atoms with E-state index in [1.54, 1.807) is 16.7 Å². The number of hydrogen-bond acceptors (Lipinski definition) is 3. The second-order valence-corrected chi connectivity index (χ2v) is 6.79. The van der Waals surface area contributed by atoms with Gasteiger partial charge < -0.3 is 0 Å². The van der Waals surface area contributed by atoms with Gasteiger partial charge in [-0.05, 0) is 44.9 Å². The zero-order valence-electron chi connectivity index (χ0n) is 15.6. The van der Waals surface area contributed by atoms with Gasteiger partial charge in [0.2, 0.25) is 0 Å². The molecule has 0 aliphatic carbocycles. The predicted octanol–water partition coefficient (Wildman–Crippen LogP) is 4.18. The summed E-state index contributed by atoms with van der Waals surface area (Å²) in [5, 5.41) is 0. The van der Waals surface area contributed by atoms with Crippen molar-refractivity contribution in [3.8, 4) is 0 Å². The molecule has 0 bridgehead atoms. The van der Waals surface area contributed by atoms with Gasteiger partial charge in [-0.3, -0.25) is 14.1 Å². The second-order valence-electron chi connectivity index (χ2n) is 6.79. The summed E-state index contributed by atoms with van der Waals surface area (Å²) in [5.41, 5.74) is 2.70. The first-order chi connectivity index (χ1) is 11.6. The van der Waals surface area contributed by atoms with Crippen LogP contribution < -0.4 is 5.56 Å². The van der Waals surface area contributed by atoms with Gasteiger partial charge in [-0.25, -0.2) is 4.98 Å². The maximum Gasteiger partial charge on any atom is 0.258 e. The summed E-state index contributed by atoms with van der Waals surface area (Å²) in [6.45, 7) is 10.6. The largest absolute Gasteiger partial charge is 0.295 e. The number of aromatic nitrogens is 2. The van der Waals surface area contributed by atoms with Crippen LogP contribution in [0.1, 0.15) is 64.1 Å². The minimum Gasteiger partial charge on any atom is -0.295 e. The van der Waals surface area contributed by atoms with Gasteiger partial charge in [-0.15, -0.1) is 0 Å². The molecule has 0 radical (unpaired) electrons. The molecule has 0 spiro atoms. The Bertz CT molecular complexity index is 708. The van der Waals surface area contributed by atoms with Crippen molar-refractivity contribution in [1.29, 1.82) is 0 Å². The van der Waals surface area contributed by atoms with Gasteiger partial charge in [0.25, 0.3) is 5.56 Å². The van der Waals surface area contributed by atoms with Crippen LogP contribution >= 0.6 is 0 Å². The van der Waals surface area contributed by atoms with E-state index in [0.717, 1.165) is 30.0 Å². The average molecular weight is 329 g/mol. The molecule has 4 heteroatoms. The van der Waals surface area contributed by atoms with Crippen LogP contribution in [-0.4, -0.2) is 26.9 Å². The first-order valence-corrected chi connectivity index (χ1v) is 9.28. The van der Waals surface area contributed by atoms with E-state index in [1.807, 2.05) is 19.1 Å². The van der Waals surface area contributed by atoms with Crippen molar-refractivity contribution in [2.45, 2.75) is 72.4 Å². The zero-order chi connectivity index (χ0) is 17.5. The lowest BCUT2D eigenvalue weighted by Crippen LogP contribution is -2.34. The van der Waals surface area contributed by atoms with Gasteiger partial charge in [-0.1, -0.05) is 39.2 Å². The van der Waals surface area contributed by atoms with E-state index in [-0.39, 0.29) is 5.56 Å². The Morgan fingerprint density at radius 1 is 1.25 bits per heavy atom. The highest BCUT2D eigenvalue weighted by molar-refractivity contribution is 5.46. The van der Waals surface area contributed by atoms with Crippen LogP contribution in [0.5, 0.6) is 0 Å². The van der Waals surface area contributed by atoms with Crippen LogP contribution in [0.15, 0.2) is 29.2 Å². The molecule has 0 amide bonds. The number of hydrogen-bond donors (Lipinski definition) is 0. The van der Waals surface area contributed by atoms with Crippen molar-refractivity contribution in [1.82, 2.24) is 14.3 Å². The molecule has 2 rings (SSSR count). The van der Waals surface area contributed by atoms with E-state index in [1.165, 1.54) is 32.1 Å². The van der Waals surface area contributed by atoms with E-state index in [2.05, 4.69) is 25.7 Å². The van der Waals surface area contributed by atoms with E-state index in [9.17, 15) is 4.79 Å². The van der Waals surface area contributed by atoms with Crippen LogP contribution in [-0.2, 0) is 6.54 Å². The van der Waals surface area contributed by atoms with E-state index < -0.39 is 0 Å². The smallest absolute Gasteiger partial charge is 0.258 e. The van der Waals surface area contributed by atoms with Gasteiger partial charge in [0.1, 0.15) is 5.65 Å². The normalized spacial score (nSPS) is 12.9. The molecule has 0 N–H and O–H groups in total. The molecule has 2 aromatic rings. The Labute approximate surface area is 145 Å². The van der Waals surface area contributed by atoms with Gasteiger partial charge in [0.15, 0.2) is 0 Å². The molecule has 0 saturated heterocycles. The third-order valence-corrected chi connectivity index (χ3v) is 4.68. The van der Waals surface area contributed by atoms with Crippen LogP contribution in [0, 0.1) is 6.92 Å². The first-order valence-electron chi connectivity index (χ1n) is 9.28. The van der Waals surface area contributed by atoms with Gasteiger partial charge in [0.05, 0.1) is 5.69 Å². The molecule has 0 aliphatic heterocycles. The molecule has 0 fully saturated rings. The second kappa shape index (κ2) is 8.97. The summed E-state index contributed by atoms with van der Waals surface area (Å²) >= 11 is 0. The minimum absolute atomic E-state index is 0.00959. The lowest BCUT2D eigenvalue weighted by atomic mass is 10.1. The fraction of sp³-hybridized carbons (Fsp3) is 0.600. The van der Waals surface area contributed by atoms with E-state index >= 15 is 0 Å². The molecule has 0 aromatic carbocycles. The average Bonchev–Trinajstić information content (AvgIpc) is 2.55. The van der Waals surface area contributed by atoms with E-state index in [0.29, 0.717) is 6.04 Å². The maximum absolute atomic E-state index is 12.4. The fourth-order valence-corrected chi connectivity index (χ4v) is 3.22. The lowest BCUT2D eigenvalue weighted by Gasteiger charge is -2.28. The molecule has 2 aromatic heterocycles. The first kappa shape index (κ1) is 18.7. The Hall–Kier alpha value is -1.68. The van der Waals surface area contributed by atoms with Gasteiger partial charge >= 0.3 is 0 Å². The third kappa shape index (κ3) is 4.67. The Morgan fingerprint density at radius 2 is 2.04 bits per heavy atom. The summed E-state index contributed by atoms with van der Waals surface area (Å²) in [5.74, 6) is 0. The predicted molar refractivity (Wildman–Crippen MR) is 101 cm³/mol. The topological polar surface area (TPSA) is 37.6 Å². The summed E-state index contributed by atoms with van der Waals surface area (Å²) < 4.78 is 1.63. The molecule has 0 aliphatic rings. The zero-order valence-corrected chi connectivity index (χ0v) is 15.6. The fourth-order valence-electron chi connectivity index (χ4n) is 3.22. The van der Waals surface area contributed by atoms with Crippen molar-refractivity contribution in [2.24, 2.45) is 0 Å². The third-order valence-electron chi connectivity index (χ3n) is 4.68. The van der Waals surface area contributed by atoms with Crippen molar-refractivity contribution in [3.05, 3.63) is 46.0 Å². The highest BCUT2D eigenvalue weighted by Gasteiger charge is 2.15. The van der Waals surface area contributed by atoms with E-state index in [4.69, 9.17) is 4.98 Å². The maximum atomic E-state index is 12.4. The van der Waals surface area contributed by atoms with Crippen molar-refractivity contribution < 1.29 is 0 Å². The molecule has 1 atom stereocenters. The minimum atomic E-state index is 0.00959. The van der Waals surface area contributed by atoms with Crippen molar-refractivity contribution in [3.63, 3.8) is 0 Å². The molecular formula is C20H31N3O. The van der Waals surface area contributed by atoms with Crippen LogP contribution in [0.4, 0.5) is 0 Å². The molecule has 24 heavy (non-hydrogen) atoms. The molecule has 0 saturated carbocycles. The number of aryl methyl sites for hydroxylation is 1.